The summed E-state index contributed by atoms with van der Waals surface area (Å²) in [6.07, 6.45) is 10.0. The van der Waals surface area contributed by atoms with Crippen molar-refractivity contribution in [1.82, 2.24) is 10.6 Å². The average molecular weight is 212 g/mol. The first-order valence-electron chi connectivity index (χ1n) is 6.27. The molecule has 0 aliphatic heterocycles. The molecule has 1 aliphatic rings. The van der Waals surface area contributed by atoms with Gasteiger partial charge in [-0.2, -0.15) is 0 Å². The molecule has 3 heteroatoms. The topological polar surface area (TPSA) is 41.1 Å². The molecule has 0 aromatic carbocycles. The van der Waals surface area contributed by atoms with Crippen molar-refractivity contribution in [3.8, 4) is 0 Å². The second-order valence-electron chi connectivity index (χ2n) is 4.42. The third-order valence-corrected chi connectivity index (χ3v) is 3.17. The van der Waals surface area contributed by atoms with Crippen LogP contribution in [0.25, 0.3) is 0 Å². The third kappa shape index (κ3) is 5.78. The van der Waals surface area contributed by atoms with E-state index >= 15 is 0 Å². The van der Waals surface area contributed by atoms with Gasteiger partial charge in [-0.25, -0.2) is 0 Å². The highest BCUT2D eigenvalue weighted by Crippen LogP contribution is 2.16. The molecule has 88 valence electrons. The van der Waals surface area contributed by atoms with Gasteiger partial charge in [0.05, 0.1) is 0 Å². The largest absolute Gasteiger partial charge is 0.359 e. The Morgan fingerprint density at radius 1 is 1.13 bits per heavy atom. The van der Waals surface area contributed by atoms with Gasteiger partial charge in [-0.3, -0.25) is 4.79 Å². The molecular weight excluding hydrogens is 188 g/mol. The summed E-state index contributed by atoms with van der Waals surface area (Å²) in [5, 5.41) is 6.14. The van der Waals surface area contributed by atoms with Crippen molar-refractivity contribution in [1.29, 1.82) is 0 Å². The second kappa shape index (κ2) is 7.69. The Kier molecular flexibility index (Phi) is 6.41. The highest BCUT2D eigenvalue weighted by atomic mass is 16.1. The molecule has 0 saturated heterocycles. The first-order chi connectivity index (χ1) is 7.33. The molecule has 0 aromatic heterocycles. The molecule has 0 aromatic rings. The minimum Gasteiger partial charge on any atom is -0.359 e. The lowest BCUT2D eigenvalue weighted by atomic mass is 9.97. The molecule has 15 heavy (non-hydrogen) atoms. The summed E-state index contributed by atoms with van der Waals surface area (Å²) >= 11 is 0. The fraction of sp³-hybridized carbons (Fsp3) is 0.917. The van der Waals surface area contributed by atoms with Gasteiger partial charge in [0.15, 0.2) is 0 Å². The molecule has 0 spiro atoms. The van der Waals surface area contributed by atoms with Crippen molar-refractivity contribution < 1.29 is 4.79 Å². The second-order valence-corrected chi connectivity index (χ2v) is 4.42. The number of hydrogen-bond acceptors (Lipinski definition) is 2. The minimum absolute atomic E-state index is 0.133. The van der Waals surface area contributed by atoms with E-state index in [0.29, 0.717) is 12.5 Å². The van der Waals surface area contributed by atoms with E-state index in [1.165, 1.54) is 44.9 Å². The van der Waals surface area contributed by atoms with Crippen LogP contribution in [0.5, 0.6) is 0 Å². The van der Waals surface area contributed by atoms with Crippen molar-refractivity contribution in [2.24, 2.45) is 0 Å². The quantitative estimate of drug-likeness (QED) is 0.746. The first-order valence-corrected chi connectivity index (χ1v) is 6.27. The van der Waals surface area contributed by atoms with Crippen LogP contribution >= 0.6 is 0 Å². The van der Waals surface area contributed by atoms with E-state index in [4.69, 9.17) is 0 Å². The molecule has 0 heterocycles. The Balaban J connectivity index is 2.09. The highest BCUT2D eigenvalue weighted by Gasteiger charge is 2.10. The molecule has 1 fully saturated rings. The predicted molar refractivity (Wildman–Crippen MR) is 62.8 cm³/mol. The molecule has 1 amide bonds. The van der Waals surface area contributed by atoms with Crippen LogP contribution in [0.15, 0.2) is 0 Å². The van der Waals surface area contributed by atoms with Gasteiger partial charge in [-0.1, -0.05) is 32.1 Å². The molecule has 1 rings (SSSR count). The summed E-state index contributed by atoms with van der Waals surface area (Å²) in [5.74, 6) is 0.133. The number of hydrogen-bond donors (Lipinski definition) is 2. The smallest absolute Gasteiger partial charge is 0.221 e. The molecular formula is C12H24N2O. The van der Waals surface area contributed by atoms with Gasteiger partial charge >= 0.3 is 0 Å². The summed E-state index contributed by atoms with van der Waals surface area (Å²) in [5.41, 5.74) is 0. The van der Waals surface area contributed by atoms with Crippen LogP contribution < -0.4 is 10.6 Å². The maximum Gasteiger partial charge on any atom is 0.221 e. The Labute approximate surface area is 93.0 Å². The van der Waals surface area contributed by atoms with Gasteiger partial charge in [0, 0.05) is 26.1 Å². The van der Waals surface area contributed by atoms with Gasteiger partial charge in [0.2, 0.25) is 5.91 Å². The van der Waals surface area contributed by atoms with Crippen LogP contribution in [0.2, 0.25) is 0 Å². The minimum atomic E-state index is 0.133. The Bertz CT molecular complexity index is 174. The maximum absolute atomic E-state index is 11.0. The third-order valence-electron chi connectivity index (χ3n) is 3.17. The number of amides is 1. The SMILES string of the molecule is CNC(=O)CCNC1CCCCCCC1. The zero-order valence-electron chi connectivity index (χ0n) is 9.85. The van der Waals surface area contributed by atoms with Crippen LogP contribution in [-0.4, -0.2) is 25.5 Å². The molecule has 0 radical (unpaired) electrons. The van der Waals surface area contributed by atoms with Crippen LogP contribution in [0.3, 0.4) is 0 Å². The van der Waals surface area contributed by atoms with Crippen molar-refractivity contribution in [2.75, 3.05) is 13.6 Å². The van der Waals surface area contributed by atoms with Crippen molar-refractivity contribution in [3.63, 3.8) is 0 Å². The molecule has 0 unspecified atom stereocenters. The van der Waals surface area contributed by atoms with Gasteiger partial charge in [-0.05, 0) is 12.8 Å². The van der Waals surface area contributed by atoms with Gasteiger partial charge in [0.1, 0.15) is 0 Å². The van der Waals surface area contributed by atoms with Crippen LogP contribution in [0, 0.1) is 0 Å². The van der Waals surface area contributed by atoms with E-state index in [1.807, 2.05) is 0 Å². The predicted octanol–water partition coefficient (Wildman–Crippen LogP) is 1.82. The number of nitrogens with one attached hydrogen (secondary N) is 2. The van der Waals surface area contributed by atoms with Gasteiger partial charge in [0.25, 0.3) is 0 Å². The fourth-order valence-electron chi connectivity index (χ4n) is 2.18. The number of carbonyl (C=O) groups excluding carboxylic acids is 1. The lowest BCUT2D eigenvalue weighted by molar-refractivity contribution is -0.120. The normalized spacial score (nSPS) is 19.3. The van der Waals surface area contributed by atoms with Crippen LogP contribution in [-0.2, 0) is 4.79 Å². The molecule has 1 aliphatic carbocycles. The van der Waals surface area contributed by atoms with Gasteiger partial charge in [-0.15, -0.1) is 0 Å². The summed E-state index contributed by atoms with van der Waals surface area (Å²) in [7, 11) is 1.69. The first kappa shape index (κ1) is 12.5. The van der Waals surface area contributed by atoms with E-state index in [2.05, 4.69) is 10.6 Å². The lowest BCUT2D eigenvalue weighted by Crippen LogP contribution is -2.33. The van der Waals surface area contributed by atoms with E-state index in [9.17, 15) is 4.79 Å². The van der Waals surface area contributed by atoms with E-state index in [0.717, 1.165) is 6.54 Å². The zero-order chi connectivity index (χ0) is 10.9. The van der Waals surface area contributed by atoms with E-state index in [1.54, 1.807) is 7.05 Å². The van der Waals surface area contributed by atoms with E-state index in [-0.39, 0.29) is 5.91 Å². The Morgan fingerprint density at radius 3 is 2.33 bits per heavy atom. The monoisotopic (exact) mass is 212 g/mol. The molecule has 0 bridgehead atoms. The van der Waals surface area contributed by atoms with Crippen LogP contribution in [0.1, 0.15) is 51.4 Å². The molecule has 1 saturated carbocycles. The molecule has 0 atom stereocenters. The highest BCUT2D eigenvalue weighted by molar-refractivity contribution is 5.75. The zero-order valence-corrected chi connectivity index (χ0v) is 9.85. The summed E-state index contributed by atoms with van der Waals surface area (Å²) in [6, 6.07) is 0.648. The number of rotatable bonds is 4. The molecule has 3 nitrogen and oxygen atoms in total. The van der Waals surface area contributed by atoms with E-state index < -0.39 is 0 Å². The lowest BCUT2D eigenvalue weighted by Gasteiger charge is -2.20. The van der Waals surface area contributed by atoms with Gasteiger partial charge < -0.3 is 10.6 Å². The molecule has 2 N–H and O–H groups in total. The maximum atomic E-state index is 11.0. The number of carbonyl (C=O) groups is 1. The van der Waals surface area contributed by atoms with Crippen molar-refractivity contribution in [2.45, 2.75) is 57.4 Å². The van der Waals surface area contributed by atoms with Crippen molar-refractivity contribution >= 4 is 5.91 Å². The summed E-state index contributed by atoms with van der Waals surface area (Å²) in [6.45, 7) is 0.824. The standard InChI is InChI=1S/C12H24N2O/c1-13-12(15)9-10-14-11-7-5-3-2-4-6-8-11/h11,14H,2-10H2,1H3,(H,13,15). The van der Waals surface area contributed by atoms with Crippen molar-refractivity contribution in [3.05, 3.63) is 0 Å². The fourth-order valence-corrected chi connectivity index (χ4v) is 2.18. The van der Waals surface area contributed by atoms with Crippen LogP contribution in [0.4, 0.5) is 0 Å². The Hall–Kier alpha value is -0.570. The summed E-state index contributed by atoms with van der Waals surface area (Å²) in [4.78, 5) is 11.0. The average Bonchev–Trinajstić information content (AvgIpc) is 2.20. The summed E-state index contributed by atoms with van der Waals surface area (Å²) < 4.78 is 0. The Morgan fingerprint density at radius 2 is 1.73 bits per heavy atom.